The Morgan fingerprint density at radius 2 is 2.15 bits per heavy atom. The number of rotatable bonds is 5. The van der Waals surface area contributed by atoms with Crippen molar-refractivity contribution < 1.29 is 9.13 Å². The van der Waals surface area contributed by atoms with E-state index >= 15 is 0 Å². The molecule has 0 spiro atoms. The molecule has 20 heavy (non-hydrogen) atoms. The lowest BCUT2D eigenvalue weighted by molar-refractivity contribution is 0.389. The molecule has 2 aromatic rings. The summed E-state index contributed by atoms with van der Waals surface area (Å²) >= 11 is 3.23. The normalized spacial score (nSPS) is 12.2. The molecule has 0 bridgehead atoms. The fraction of sp³-hybridized carbons (Fsp3) is 0.231. The molecule has 0 saturated carbocycles. The zero-order valence-electron chi connectivity index (χ0n) is 10.8. The minimum atomic E-state index is -0.306. The zero-order valence-corrected chi connectivity index (χ0v) is 12.4. The van der Waals surface area contributed by atoms with Crippen LogP contribution in [0.3, 0.4) is 0 Å². The monoisotopic (exact) mass is 340 g/mol. The summed E-state index contributed by atoms with van der Waals surface area (Å²) in [6.07, 6.45) is 0.482. The predicted molar refractivity (Wildman–Crippen MR) is 76.5 cm³/mol. The van der Waals surface area contributed by atoms with Gasteiger partial charge in [-0.15, -0.1) is 5.10 Å². The SMILES string of the molecule is COc1ccc(C(Cc2cccc(F)c2Br)NN)nn1. The van der Waals surface area contributed by atoms with Crippen LogP contribution in [0.2, 0.25) is 0 Å². The van der Waals surface area contributed by atoms with Crippen molar-refractivity contribution in [2.24, 2.45) is 5.84 Å². The van der Waals surface area contributed by atoms with Crippen LogP contribution in [0.4, 0.5) is 4.39 Å². The minimum absolute atomic E-state index is 0.272. The van der Waals surface area contributed by atoms with Gasteiger partial charge >= 0.3 is 0 Å². The average molecular weight is 341 g/mol. The first-order chi connectivity index (χ1) is 9.65. The maximum atomic E-state index is 13.5. The quantitative estimate of drug-likeness (QED) is 0.644. The average Bonchev–Trinajstić information content (AvgIpc) is 2.49. The predicted octanol–water partition coefficient (Wildman–Crippen LogP) is 2.13. The second kappa shape index (κ2) is 6.74. The molecule has 1 aromatic heterocycles. The molecule has 0 amide bonds. The smallest absolute Gasteiger partial charge is 0.233 e. The molecule has 0 saturated heterocycles. The summed E-state index contributed by atoms with van der Waals surface area (Å²) in [6.45, 7) is 0. The lowest BCUT2D eigenvalue weighted by Gasteiger charge is -2.16. The lowest BCUT2D eigenvalue weighted by Crippen LogP contribution is -2.30. The third-order valence-electron chi connectivity index (χ3n) is 2.88. The van der Waals surface area contributed by atoms with Crippen molar-refractivity contribution in [3.05, 3.63) is 51.9 Å². The van der Waals surface area contributed by atoms with Crippen LogP contribution in [0.1, 0.15) is 17.3 Å². The molecule has 1 heterocycles. The summed E-state index contributed by atoms with van der Waals surface area (Å²) in [4.78, 5) is 0. The van der Waals surface area contributed by atoms with Crippen LogP contribution in [0.25, 0.3) is 0 Å². The van der Waals surface area contributed by atoms with Gasteiger partial charge < -0.3 is 4.74 Å². The molecule has 7 heteroatoms. The number of nitrogens with zero attached hydrogens (tertiary/aromatic N) is 2. The molecule has 0 fully saturated rings. The van der Waals surface area contributed by atoms with E-state index in [2.05, 4.69) is 31.6 Å². The van der Waals surface area contributed by atoms with Crippen LogP contribution in [0.5, 0.6) is 5.88 Å². The van der Waals surface area contributed by atoms with Crippen LogP contribution >= 0.6 is 15.9 Å². The third kappa shape index (κ3) is 3.30. The van der Waals surface area contributed by atoms with Gasteiger partial charge in [0, 0.05) is 6.07 Å². The highest BCUT2D eigenvalue weighted by Crippen LogP contribution is 2.25. The summed E-state index contributed by atoms with van der Waals surface area (Å²) < 4.78 is 18.9. The molecule has 1 atom stereocenters. The van der Waals surface area contributed by atoms with E-state index in [1.54, 1.807) is 18.2 Å². The summed E-state index contributed by atoms with van der Waals surface area (Å²) in [5.74, 6) is 5.67. The Kier molecular flexibility index (Phi) is 4.99. The number of hydrazine groups is 1. The highest BCUT2D eigenvalue weighted by atomic mass is 79.9. The van der Waals surface area contributed by atoms with Crippen molar-refractivity contribution in [3.63, 3.8) is 0 Å². The van der Waals surface area contributed by atoms with Crippen molar-refractivity contribution in [2.75, 3.05) is 7.11 Å². The minimum Gasteiger partial charge on any atom is -0.480 e. The number of halogens is 2. The third-order valence-corrected chi connectivity index (χ3v) is 3.77. The van der Waals surface area contributed by atoms with Crippen molar-refractivity contribution in [3.8, 4) is 5.88 Å². The maximum Gasteiger partial charge on any atom is 0.233 e. The Balaban J connectivity index is 2.21. The fourth-order valence-electron chi connectivity index (χ4n) is 1.80. The van der Waals surface area contributed by atoms with Crippen molar-refractivity contribution in [1.82, 2.24) is 15.6 Å². The molecule has 0 radical (unpaired) electrons. The highest BCUT2D eigenvalue weighted by molar-refractivity contribution is 9.10. The van der Waals surface area contributed by atoms with E-state index in [1.807, 2.05) is 6.07 Å². The van der Waals surface area contributed by atoms with Gasteiger partial charge in [-0.2, -0.15) is 5.10 Å². The number of nitrogens with one attached hydrogen (secondary N) is 1. The topological polar surface area (TPSA) is 73.1 Å². The molecule has 5 nitrogen and oxygen atoms in total. The summed E-state index contributed by atoms with van der Waals surface area (Å²) in [5.41, 5.74) is 4.12. The van der Waals surface area contributed by atoms with Crippen LogP contribution in [0.15, 0.2) is 34.8 Å². The Labute approximate surface area is 124 Å². The van der Waals surface area contributed by atoms with E-state index in [1.165, 1.54) is 13.2 Å². The van der Waals surface area contributed by atoms with E-state index < -0.39 is 0 Å². The molecule has 3 N–H and O–H groups in total. The Morgan fingerprint density at radius 3 is 2.75 bits per heavy atom. The second-order valence-electron chi connectivity index (χ2n) is 4.14. The fourth-order valence-corrected chi connectivity index (χ4v) is 2.23. The molecule has 106 valence electrons. The summed E-state index contributed by atoms with van der Waals surface area (Å²) in [7, 11) is 1.52. The number of methoxy groups -OCH3 is 1. The number of nitrogens with two attached hydrogens (primary N) is 1. The number of aromatic nitrogens is 2. The van der Waals surface area contributed by atoms with Gasteiger partial charge in [0.15, 0.2) is 0 Å². The second-order valence-corrected chi connectivity index (χ2v) is 4.93. The molecular formula is C13H14BrFN4O. The van der Waals surface area contributed by atoms with Crippen molar-refractivity contribution in [1.29, 1.82) is 0 Å². The number of ether oxygens (including phenoxy) is 1. The Morgan fingerprint density at radius 1 is 1.35 bits per heavy atom. The van der Waals surface area contributed by atoms with Gasteiger partial charge in [0.1, 0.15) is 5.82 Å². The van der Waals surface area contributed by atoms with Crippen LogP contribution in [0, 0.1) is 5.82 Å². The van der Waals surface area contributed by atoms with Gasteiger partial charge in [-0.05, 0) is 40.0 Å². The standard InChI is InChI=1S/C13H14BrFN4O/c1-20-12-6-5-10(18-19-12)11(17-16)7-8-3-2-4-9(15)13(8)14/h2-6,11,17H,7,16H2,1H3. The van der Waals surface area contributed by atoms with E-state index in [-0.39, 0.29) is 11.9 Å². The molecule has 2 rings (SSSR count). The largest absolute Gasteiger partial charge is 0.480 e. The maximum absolute atomic E-state index is 13.5. The highest BCUT2D eigenvalue weighted by Gasteiger charge is 2.16. The van der Waals surface area contributed by atoms with Gasteiger partial charge in [-0.25, -0.2) is 4.39 Å². The number of hydrogen-bond donors (Lipinski definition) is 2. The van der Waals surface area contributed by atoms with Crippen LogP contribution < -0.4 is 16.0 Å². The molecule has 0 aliphatic heterocycles. The first-order valence-corrected chi connectivity index (χ1v) is 6.71. The lowest BCUT2D eigenvalue weighted by atomic mass is 10.0. The van der Waals surface area contributed by atoms with E-state index in [9.17, 15) is 4.39 Å². The zero-order chi connectivity index (χ0) is 14.5. The van der Waals surface area contributed by atoms with Gasteiger partial charge in [-0.3, -0.25) is 11.3 Å². The van der Waals surface area contributed by atoms with Crippen molar-refractivity contribution >= 4 is 15.9 Å². The summed E-state index contributed by atoms with van der Waals surface area (Å²) in [5, 5.41) is 7.94. The summed E-state index contributed by atoms with van der Waals surface area (Å²) in [6, 6.07) is 8.08. The molecule has 0 aliphatic rings. The first kappa shape index (κ1) is 14.8. The van der Waals surface area contributed by atoms with E-state index in [0.29, 0.717) is 22.5 Å². The van der Waals surface area contributed by atoms with Gasteiger partial charge in [0.25, 0.3) is 0 Å². The van der Waals surface area contributed by atoms with E-state index in [4.69, 9.17) is 10.6 Å². The molecule has 1 aromatic carbocycles. The Bertz CT molecular complexity index is 579. The number of benzene rings is 1. The molecule has 1 unspecified atom stereocenters. The van der Waals surface area contributed by atoms with Crippen LogP contribution in [-0.4, -0.2) is 17.3 Å². The molecule has 0 aliphatic carbocycles. The van der Waals surface area contributed by atoms with E-state index in [0.717, 1.165) is 5.56 Å². The number of hydrogen-bond acceptors (Lipinski definition) is 5. The van der Waals surface area contributed by atoms with Gasteiger partial charge in [0.05, 0.1) is 23.3 Å². The molecular weight excluding hydrogens is 327 g/mol. The van der Waals surface area contributed by atoms with Crippen LogP contribution in [-0.2, 0) is 6.42 Å². The van der Waals surface area contributed by atoms with Crippen molar-refractivity contribution in [2.45, 2.75) is 12.5 Å². The first-order valence-electron chi connectivity index (χ1n) is 5.92. The van der Waals surface area contributed by atoms with Gasteiger partial charge in [0.2, 0.25) is 5.88 Å². The van der Waals surface area contributed by atoms with Gasteiger partial charge in [-0.1, -0.05) is 12.1 Å². The Hall–Kier alpha value is -1.57.